The SMILES string of the molecule is CCCCCC1COC(C2CCC(C3CCC(C(F)(F)OC4CCC(c5cc(F)c(OC(F)(F)F)c(F)c5)CC4)CC3)CC2)OC1. The molecule has 0 amide bonds. The van der Waals surface area contributed by atoms with Crippen LogP contribution in [0.4, 0.5) is 30.7 Å². The van der Waals surface area contributed by atoms with Crippen molar-refractivity contribution in [2.24, 2.45) is 29.6 Å². The van der Waals surface area contributed by atoms with Gasteiger partial charge in [0.05, 0.1) is 25.2 Å². The number of halogens is 7. The predicted octanol–water partition coefficient (Wildman–Crippen LogP) is 10.7. The summed E-state index contributed by atoms with van der Waals surface area (Å²) in [6, 6.07) is 1.66. The Labute approximate surface area is 268 Å². The fourth-order valence-electron chi connectivity index (χ4n) is 8.36. The quantitative estimate of drug-likeness (QED) is 0.174. The first-order valence-corrected chi connectivity index (χ1v) is 17.4. The van der Waals surface area contributed by atoms with Crippen LogP contribution in [0.1, 0.15) is 121 Å². The third-order valence-corrected chi connectivity index (χ3v) is 11.0. The molecule has 262 valence electrons. The molecule has 5 rings (SSSR count). The zero-order valence-corrected chi connectivity index (χ0v) is 26.8. The van der Waals surface area contributed by atoms with Gasteiger partial charge in [0.25, 0.3) is 0 Å². The van der Waals surface area contributed by atoms with E-state index in [4.69, 9.17) is 14.2 Å². The van der Waals surface area contributed by atoms with E-state index in [-0.39, 0.29) is 30.6 Å². The Bertz CT molecular complexity index is 1060. The van der Waals surface area contributed by atoms with Gasteiger partial charge in [-0.05, 0) is 119 Å². The van der Waals surface area contributed by atoms with Crippen molar-refractivity contribution >= 4 is 0 Å². The second-order valence-electron chi connectivity index (χ2n) is 14.2. The third-order valence-electron chi connectivity index (χ3n) is 11.0. The number of ether oxygens (including phenoxy) is 4. The Hall–Kier alpha value is -1.59. The molecule has 4 aliphatic rings. The van der Waals surface area contributed by atoms with Gasteiger partial charge in [0.2, 0.25) is 5.75 Å². The molecule has 0 spiro atoms. The fourth-order valence-corrected chi connectivity index (χ4v) is 8.36. The summed E-state index contributed by atoms with van der Waals surface area (Å²) in [5.41, 5.74) is 0.187. The Kier molecular flexibility index (Phi) is 12.2. The smallest absolute Gasteiger partial charge is 0.399 e. The van der Waals surface area contributed by atoms with Gasteiger partial charge >= 0.3 is 12.5 Å². The first-order valence-electron chi connectivity index (χ1n) is 17.4. The third kappa shape index (κ3) is 9.52. The van der Waals surface area contributed by atoms with Crippen LogP contribution in [0.5, 0.6) is 5.75 Å². The molecule has 1 aliphatic heterocycles. The lowest BCUT2D eigenvalue weighted by molar-refractivity contribution is -0.301. The molecule has 3 aliphatic carbocycles. The number of hydrogen-bond acceptors (Lipinski definition) is 4. The summed E-state index contributed by atoms with van der Waals surface area (Å²) in [6.45, 7) is 3.78. The van der Waals surface area contributed by atoms with Crippen LogP contribution in [-0.2, 0) is 14.2 Å². The average molecular weight is 667 g/mol. The second kappa shape index (κ2) is 15.7. The summed E-state index contributed by atoms with van der Waals surface area (Å²) in [6.07, 6.45) is 3.50. The zero-order valence-electron chi connectivity index (χ0n) is 26.8. The highest BCUT2D eigenvalue weighted by atomic mass is 19.4. The molecule has 4 nitrogen and oxygen atoms in total. The number of benzene rings is 1. The van der Waals surface area contributed by atoms with Gasteiger partial charge in [-0.1, -0.05) is 26.2 Å². The van der Waals surface area contributed by atoms with Gasteiger partial charge in [0.1, 0.15) is 0 Å². The van der Waals surface area contributed by atoms with Crippen LogP contribution in [0.2, 0.25) is 0 Å². The molecule has 0 aromatic heterocycles. The number of unbranched alkanes of at least 4 members (excludes halogenated alkanes) is 2. The van der Waals surface area contributed by atoms with E-state index < -0.39 is 41.9 Å². The minimum absolute atomic E-state index is 0.106. The van der Waals surface area contributed by atoms with E-state index in [0.717, 1.165) is 70.3 Å². The van der Waals surface area contributed by atoms with Crippen molar-refractivity contribution in [1.82, 2.24) is 0 Å². The number of rotatable bonds is 11. The van der Waals surface area contributed by atoms with Gasteiger partial charge in [0, 0.05) is 11.8 Å². The maximum Gasteiger partial charge on any atom is 0.573 e. The molecule has 1 aromatic carbocycles. The summed E-state index contributed by atoms with van der Waals surface area (Å²) in [4.78, 5) is 0. The van der Waals surface area contributed by atoms with Crippen LogP contribution in [0.15, 0.2) is 12.1 Å². The summed E-state index contributed by atoms with van der Waals surface area (Å²) in [5, 5.41) is 0. The molecule has 11 heteroatoms. The van der Waals surface area contributed by atoms with Gasteiger partial charge in [0.15, 0.2) is 17.9 Å². The maximum absolute atomic E-state index is 15.3. The second-order valence-corrected chi connectivity index (χ2v) is 14.2. The first-order chi connectivity index (χ1) is 21.9. The van der Waals surface area contributed by atoms with E-state index >= 15 is 8.78 Å². The predicted molar refractivity (Wildman–Crippen MR) is 158 cm³/mol. The summed E-state index contributed by atoms with van der Waals surface area (Å²) in [5.74, 6) is -3.67. The van der Waals surface area contributed by atoms with Gasteiger partial charge in [-0.15, -0.1) is 13.2 Å². The first kappa shape index (κ1) is 35.7. The average Bonchev–Trinajstić information content (AvgIpc) is 3.03. The molecule has 0 N–H and O–H groups in total. The minimum atomic E-state index is -5.22. The monoisotopic (exact) mass is 666 g/mol. The van der Waals surface area contributed by atoms with Gasteiger partial charge in [-0.25, -0.2) is 8.78 Å². The highest BCUT2D eigenvalue weighted by Crippen LogP contribution is 2.47. The number of hydrogen-bond donors (Lipinski definition) is 0. The van der Waals surface area contributed by atoms with E-state index in [1.54, 1.807) is 0 Å². The van der Waals surface area contributed by atoms with Crippen molar-refractivity contribution in [3.63, 3.8) is 0 Å². The van der Waals surface area contributed by atoms with Gasteiger partial charge < -0.3 is 18.9 Å². The molecule has 3 saturated carbocycles. The van der Waals surface area contributed by atoms with Crippen molar-refractivity contribution in [1.29, 1.82) is 0 Å². The van der Waals surface area contributed by atoms with Crippen molar-refractivity contribution in [2.45, 2.75) is 140 Å². The van der Waals surface area contributed by atoms with Crippen LogP contribution < -0.4 is 4.74 Å². The molecular weight excluding hydrogens is 617 g/mol. The molecule has 1 aromatic rings. The van der Waals surface area contributed by atoms with Gasteiger partial charge in [-0.2, -0.15) is 8.78 Å². The van der Waals surface area contributed by atoms with Crippen LogP contribution >= 0.6 is 0 Å². The number of alkyl halides is 5. The van der Waals surface area contributed by atoms with Crippen molar-refractivity contribution in [3.8, 4) is 5.75 Å². The van der Waals surface area contributed by atoms with Crippen molar-refractivity contribution < 1.29 is 49.7 Å². The molecule has 4 fully saturated rings. The van der Waals surface area contributed by atoms with Crippen molar-refractivity contribution in [2.75, 3.05) is 13.2 Å². The van der Waals surface area contributed by atoms with E-state index in [0.29, 0.717) is 49.4 Å². The van der Waals surface area contributed by atoms with E-state index in [2.05, 4.69) is 11.7 Å². The van der Waals surface area contributed by atoms with Crippen molar-refractivity contribution in [3.05, 3.63) is 29.3 Å². The lowest BCUT2D eigenvalue weighted by Gasteiger charge is -2.42. The zero-order chi connectivity index (χ0) is 32.9. The summed E-state index contributed by atoms with van der Waals surface area (Å²) < 4.78 is 117. The lowest BCUT2D eigenvalue weighted by atomic mass is 9.69. The molecule has 1 heterocycles. The highest BCUT2D eigenvalue weighted by molar-refractivity contribution is 5.33. The van der Waals surface area contributed by atoms with Crippen LogP contribution in [0.3, 0.4) is 0 Å². The standard InChI is InChI=1S/C35H49F7O4/c1-2-3-4-5-22-20-43-33(44-21-22)26-8-6-23(7-9-26)24-10-14-28(15-11-24)34(38,39)45-29-16-12-25(13-17-29)27-18-30(36)32(31(37)19-27)46-35(40,41)42/h18-19,22-26,28-29,33H,2-17,20-21H2,1H3. The molecule has 0 unspecified atom stereocenters. The Balaban J connectivity index is 1.01. The summed E-state index contributed by atoms with van der Waals surface area (Å²) in [7, 11) is 0. The van der Waals surface area contributed by atoms with E-state index in [1.165, 1.54) is 19.3 Å². The van der Waals surface area contributed by atoms with Crippen LogP contribution in [0, 0.1) is 41.2 Å². The molecule has 0 bridgehead atoms. The highest BCUT2D eigenvalue weighted by Gasteiger charge is 2.46. The van der Waals surface area contributed by atoms with E-state index in [9.17, 15) is 22.0 Å². The van der Waals surface area contributed by atoms with Gasteiger partial charge in [-0.3, -0.25) is 0 Å². The Morgan fingerprint density at radius 3 is 1.80 bits per heavy atom. The van der Waals surface area contributed by atoms with Crippen LogP contribution in [0.25, 0.3) is 0 Å². The summed E-state index contributed by atoms with van der Waals surface area (Å²) >= 11 is 0. The fraction of sp³-hybridized carbons (Fsp3) is 0.829. The molecule has 0 atom stereocenters. The largest absolute Gasteiger partial charge is 0.573 e. The molecule has 46 heavy (non-hydrogen) atoms. The maximum atomic E-state index is 15.3. The Morgan fingerprint density at radius 2 is 1.26 bits per heavy atom. The lowest BCUT2D eigenvalue weighted by Crippen LogP contribution is -2.41. The molecular formula is C35H49F7O4. The Morgan fingerprint density at radius 1 is 0.717 bits per heavy atom. The van der Waals surface area contributed by atoms with E-state index in [1.807, 2.05) is 0 Å². The minimum Gasteiger partial charge on any atom is -0.399 e. The molecule has 0 radical (unpaired) electrons. The normalized spacial score (nSPS) is 33.1. The molecule has 1 saturated heterocycles. The van der Waals surface area contributed by atoms with Crippen LogP contribution in [-0.4, -0.2) is 38.1 Å². The topological polar surface area (TPSA) is 36.9 Å².